The molecular formula is C25H25F2N3O3S. The summed E-state index contributed by atoms with van der Waals surface area (Å²) in [4.78, 5) is 28.1. The second-order valence-electron chi connectivity index (χ2n) is 7.57. The van der Waals surface area contributed by atoms with Crippen LogP contribution in [-0.4, -0.2) is 32.1 Å². The van der Waals surface area contributed by atoms with E-state index >= 15 is 0 Å². The molecule has 0 aromatic heterocycles. The van der Waals surface area contributed by atoms with Gasteiger partial charge in [0.25, 0.3) is 0 Å². The number of urea groups is 1. The Morgan fingerprint density at radius 2 is 1.68 bits per heavy atom. The molecule has 34 heavy (non-hydrogen) atoms. The van der Waals surface area contributed by atoms with Crippen LogP contribution in [0.1, 0.15) is 11.1 Å². The van der Waals surface area contributed by atoms with Crippen LogP contribution in [0.25, 0.3) is 0 Å². The highest BCUT2D eigenvalue weighted by molar-refractivity contribution is 7.98. The lowest BCUT2D eigenvalue weighted by Gasteiger charge is -2.25. The highest BCUT2D eigenvalue weighted by Crippen LogP contribution is 2.21. The Morgan fingerprint density at radius 1 is 1.03 bits per heavy atom. The van der Waals surface area contributed by atoms with Crippen molar-refractivity contribution in [2.45, 2.75) is 24.3 Å². The summed E-state index contributed by atoms with van der Waals surface area (Å²) in [6, 6.07) is 15.7. The molecule has 0 saturated carbocycles. The number of carbonyl (C=O) groups is 2. The number of nitrogens with zero attached hydrogens (tertiary/aromatic N) is 1. The number of ether oxygens (including phenoxy) is 1. The van der Waals surface area contributed by atoms with Crippen molar-refractivity contribution in [3.63, 3.8) is 0 Å². The smallest absolute Gasteiger partial charge is 0.325 e. The van der Waals surface area contributed by atoms with E-state index in [1.807, 2.05) is 31.2 Å². The van der Waals surface area contributed by atoms with Gasteiger partial charge in [0.2, 0.25) is 5.91 Å². The van der Waals surface area contributed by atoms with E-state index in [1.165, 1.54) is 12.0 Å². The number of rotatable bonds is 8. The fraction of sp³-hybridized carbons (Fsp3) is 0.200. The van der Waals surface area contributed by atoms with Gasteiger partial charge in [-0.1, -0.05) is 18.2 Å². The van der Waals surface area contributed by atoms with Crippen LogP contribution >= 0.6 is 11.9 Å². The number of hydrogen-bond donors (Lipinski definition) is 2. The maximum Gasteiger partial charge on any atom is 0.325 e. The molecular weight excluding hydrogens is 460 g/mol. The van der Waals surface area contributed by atoms with Gasteiger partial charge in [0.05, 0.1) is 7.11 Å². The van der Waals surface area contributed by atoms with Crippen LogP contribution in [0.15, 0.2) is 71.6 Å². The van der Waals surface area contributed by atoms with Crippen molar-refractivity contribution in [1.29, 1.82) is 0 Å². The summed E-state index contributed by atoms with van der Waals surface area (Å²) < 4.78 is 35.3. The molecule has 2 N–H and O–H groups in total. The Hall–Kier alpha value is -3.59. The van der Waals surface area contributed by atoms with Crippen molar-refractivity contribution in [1.82, 2.24) is 10.0 Å². The molecule has 3 aromatic rings. The first-order valence-corrected chi connectivity index (χ1v) is 11.2. The van der Waals surface area contributed by atoms with Gasteiger partial charge in [0.15, 0.2) is 0 Å². The van der Waals surface area contributed by atoms with Crippen LogP contribution in [0, 0.1) is 18.6 Å². The van der Waals surface area contributed by atoms with Crippen molar-refractivity contribution in [3.8, 4) is 5.75 Å². The van der Waals surface area contributed by atoms with Gasteiger partial charge >= 0.3 is 6.03 Å². The maximum atomic E-state index is 13.7. The number of aryl methyl sites for hydroxylation is 1. The monoisotopic (exact) mass is 485 g/mol. The molecule has 0 aliphatic carbocycles. The predicted octanol–water partition coefficient (Wildman–Crippen LogP) is 4.86. The van der Waals surface area contributed by atoms with Gasteiger partial charge in [-0.15, -0.1) is 0 Å². The summed E-state index contributed by atoms with van der Waals surface area (Å²) in [6.45, 7) is 1.91. The zero-order chi connectivity index (χ0) is 24.7. The van der Waals surface area contributed by atoms with Crippen LogP contribution in [0.4, 0.5) is 19.3 Å². The standard InChI is InChI=1S/C25H25F2N3O3S/c1-16-6-4-5-7-23(16)34-29-25(32)28-22(14-17-12-18(26)15-19(27)13-17)24(31)30(2)20-8-10-21(33-3)11-9-20/h4-13,15,22H,14H2,1-3H3,(H2,28,29,32)/t22-/m0/s1. The van der Waals surface area contributed by atoms with Crippen molar-refractivity contribution in [2.24, 2.45) is 0 Å². The Bertz CT molecular complexity index is 1140. The van der Waals surface area contributed by atoms with Gasteiger partial charge in [-0.05, 0) is 72.5 Å². The Morgan fingerprint density at radius 3 is 2.29 bits per heavy atom. The summed E-state index contributed by atoms with van der Waals surface area (Å²) in [5, 5.41) is 2.64. The number of likely N-dealkylation sites (N-methyl/N-ethyl adjacent to an activating group) is 1. The van der Waals surface area contributed by atoms with Crippen molar-refractivity contribution >= 4 is 29.6 Å². The number of benzene rings is 3. The number of hydrogen-bond acceptors (Lipinski definition) is 4. The molecule has 0 radical (unpaired) electrons. The van der Waals surface area contributed by atoms with E-state index in [0.717, 1.165) is 40.6 Å². The molecule has 6 nitrogen and oxygen atoms in total. The second kappa shape index (κ2) is 11.5. The number of carbonyl (C=O) groups excluding carboxylic acids is 2. The van der Waals surface area contributed by atoms with E-state index in [0.29, 0.717) is 11.4 Å². The van der Waals surface area contributed by atoms with Crippen LogP contribution in [0.2, 0.25) is 0 Å². The molecule has 3 rings (SSSR count). The second-order valence-corrected chi connectivity index (χ2v) is 8.42. The first kappa shape index (κ1) is 25.0. The summed E-state index contributed by atoms with van der Waals surface area (Å²) in [6.07, 6.45) is -0.101. The van der Waals surface area contributed by atoms with Crippen molar-refractivity contribution < 1.29 is 23.1 Å². The quantitative estimate of drug-likeness (QED) is 0.447. The zero-order valence-electron chi connectivity index (χ0n) is 19.0. The third kappa shape index (κ3) is 6.71. The summed E-state index contributed by atoms with van der Waals surface area (Å²) in [7, 11) is 3.10. The van der Waals surface area contributed by atoms with Crippen molar-refractivity contribution in [2.75, 3.05) is 19.1 Å². The van der Waals surface area contributed by atoms with Crippen LogP contribution < -0.4 is 19.7 Å². The largest absolute Gasteiger partial charge is 0.497 e. The van der Waals surface area contributed by atoms with Crippen LogP contribution in [0.5, 0.6) is 5.75 Å². The molecule has 0 fully saturated rings. The molecule has 0 spiro atoms. The van der Waals surface area contributed by atoms with Gasteiger partial charge in [-0.3, -0.25) is 9.52 Å². The lowest BCUT2D eigenvalue weighted by atomic mass is 10.0. The number of methoxy groups -OCH3 is 1. The van der Waals surface area contributed by atoms with E-state index in [2.05, 4.69) is 10.0 Å². The topological polar surface area (TPSA) is 70.7 Å². The van der Waals surface area contributed by atoms with E-state index in [-0.39, 0.29) is 12.0 Å². The third-order valence-corrected chi connectivity index (χ3v) is 6.07. The molecule has 178 valence electrons. The fourth-order valence-electron chi connectivity index (χ4n) is 3.29. The van der Waals surface area contributed by atoms with Gasteiger partial charge < -0.3 is 15.0 Å². The first-order chi connectivity index (χ1) is 16.3. The Kier molecular flexibility index (Phi) is 8.48. The maximum absolute atomic E-state index is 13.7. The minimum absolute atomic E-state index is 0.101. The molecule has 0 heterocycles. The molecule has 9 heteroatoms. The minimum atomic E-state index is -1.08. The van der Waals surface area contributed by atoms with Crippen molar-refractivity contribution in [3.05, 3.63) is 89.5 Å². The first-order valence-electron chi connectivity index (χ1n) is 10.4. The molecule has 3 amide bonds. The molecule has 0 saturated heterocycles. The summed E-state index contributed by atoms with van der Waals surface area (Å²) in [5.74, 6) is -1.35. The SMILES string of the molecule is COc1ccc(N(C)C(=O)[C@H](Cc2cc(F)cc(F)c2)NC(=O)NSc2ccccc2C)cc1. The Balaban J connectivity index is 1.78. The molecule has 0 aliphatic rings. The molecule has 0 aliphatic heterocycles. The van der Waals surface area contributed by atoms with Crippen LogP contribution in [0.3, 0.4) is 0 Å². The van der Waals surface area contributed by atoms with Crippen LogP contribution in [-0.2, 0) is 11.2 Å². The molecule has 0 bridgehead atoms. The van der Waals surface area contributed by atoms with Gasteiger partial charge in [0.1, 0.15) is 23.4 Å². The van der Waals surface area contributed by atoms with Gasteiger partial charge in [-0.2, -0.15) is 0 Å². The normalized spacial score (nSPS) is 11.4. The average Bonchev–Trinajstić information content (AvgIpc) is 2.81. The fourth-order valence-corrected chi connectivity index (χ4v) is 3.93. The third-order valence-electron chi connectivity index (χ3n) is 5.10. The van der Waals surface area contributed by atoms with E-state index in [1.54, 1.807) is 31.3 Å². The average molecular weight is 486 g/mol. The molecule has 1 atom stereocenters. The predicted molar refractivity (Wildman–Crippen MR) is 129 cm³/mol. The number of amides is 3. The number of anilines is 1. The minimum Gasteiger partial charge on any atom is -0.497 e. The number of halogens is 2. The lowest BCUT2D eigenvalue weighted by Crippen LogP contribution is -2.50. The number of nitrogens with one attached hydrogen (secondary N) is 2. The highest BCUT2D eigenvalue weighted by atomic mass is 32.2. The molecule has 0 unspecified atom stereocenters. The molecule has 3 aromatic carbocycles. The lowest BCUT2D eigenvalue weighted by molar-refractivity contribution is -0.120. The summed E-state index contributed by atoms with van der Waals surface area (Å²) >= 11 is 1.11. The Labute approximate surface area is 201 Å². The van der Waals surface area contributed by atoms with E-state index in [9.17, 15) is 18.4 Å². The van der Waals surface area contributed by atoms with Gasteiger partial charge in [-0.25, -0.2) is 13.6 Å². The van der Waals surface area contributed by atoms with Gasteiger partial charge in [0, 0.05) is 30.1 Å². The van der Waals surface area contributed by atoms with E-state index < -0.39 is 29.6 Å². The highest BCUT2D eigenvalue weighted by Gasteiger charge is 2.26. The summed E-state index contributed by atoms with van der Waals surface area (Å²) in [5.41, 5.74) is 1.79. The zero-order valence-corrected chi connectivity index (χ0v) is 19.8. The van der Waals surface area contributed by atoms with E-state index in [4.69, 9.17) is 4.74 Å².